The number of fused-ring (bicyclic) bond motifs is 5. The maximum absolute atomic E-state index is 9.28. The monoisotopic (exact) mass is 656 g/mol. The third kappa shape index (κ3) is 4.94. The second kappa shape index (κ2) is 12.0. The molecule has 238 valence electrons. The molecule has 0 spiro atoms. The molecule has 1 aromatic heterocycles. The molecule has 0 amide bonds. The molecule has 0 unspecified atom stereocenters. The van der Waals surface area contributed by atoms with Gasteiger partial charge >= 0.3 is 0 Å². The quantitative estimate of drug-likeness (QED) is 0.168. The van der Waals surface area contributed by atoms with Gasteiger partial charge in [-0.25, -0.2) is 0 Å². The van der Waals surface area contributed by atoms with Crippen molar-refractivity contribution in [3.05, 3.63) is 194 Å². The first kappa shape index (κ1) is 22.1. The summed E-state index contributed by atoms with van der Waals surface area (Å²) in [5.74, 6) is 0. The van der Waals surface area contributed by atoms with Crippen molar-refractivity contribution in [2.24, 2.45) is 0 Å². The van der Waals surface area contributed by atoms with Crippen LogP contribution in [0.15, 0.2) is 198 Å². The minimum absolute atomic E-state index is 0.175. The Morgan fingerprint density at radius 2 is 0.843 bits per heavy atom. The molecule has 0 fully saturated rings. The summed E-state index contributed by atoms with van der Waals surface area (Å²) in [4.78, 5) is 0. The van der Waals surface area contributed by atoms with Crippen LogP contribution in [-0.4, -0.2) is 0 Å². The lowest BCUT2D eigenvalue weighted by atomic mass is 9.86. The Morgan fingerprint density at radius 3 is 1.47 bits per heavy atom. The normalized spacial score (nSPS) is 13.7. The zero-order valence-corrected chi connectivity index (χ0v) is 27.3. The van der Waals surface area contributed by atoms with Gasteiger partial charge in [0.05, 0.1) is 11.0 Å². The number of furan rings is 1. The highest BCUT2D eigenvalue weighted by Gasteiger charge is 2.18. The van der Waals surface area contributed by atoms with E-state index in [4.69, 9.17) is 9.90 Å². The molecule has 0 bridgehead atoms. The maximum Gasteiger partial charge on any atom is 0.136 e. The Morgan fingerprint density at radius 1 is 0.314 bits per heavy atom. The van der Waals surface area contributed by atoms with E-state index in [9.17, 15) is 5.48 Å². The van der Waals surface area contributed by atoms with Gasteiger partial charge in [0.25, 0.3) is 0 Å². The molecule has 0 saturated carbocycles. The molecule has 0 saturated heterocycles. The predicted octanol–water partition coefficient (Wildman–Crippen LogP) is 14.2. The van der Waals surface area contributed by atoms with Gasteiger partial charge in [0, 0.05) is 10.8 Å². The van der Waals surface area contributed by atoms with E-state index in [1.54, 1.807) is 30.3 Å². The minimum Gasteiger partial charge on any atom is -0.456 e. The van der Waals surface area contributed by atoms with Crippen molar-refractivity contribution >= 4 is 43.5 Å². The van der Waals surface area contributed by atoms with Crippen LogP contribution in [0.1, 0.15) is 11.0 Å². The summed E-state index contributed by atoms with van der Waals surface area (Å²) in [6.45, 7) is 0. The van der Waals surface area contributed by atoms with E-state index in [1.165, 1.54) is 0 Å². The molecule has 1 heteroatoms. The molecule has 1 nitrogen and oxygen atoms in total. The summed E-state index contributed by atoms with van der Waals surface area (Å²) in [5, 5.41) is 2.30. The molecule has 10 aromatic rings. The van der Waals surface area contributed by atoms with Gasteiger partial charge in [-0.3, -0.25) is 0 Å². The Hall–Kier alpha value is -6.70. The van der Waals surface area contributed by atoms with Gasteiger partial charge in [-0.1, -0.05) is 164 Å². The molecule has 0 aliphatic heterocycles. The van der Waals surface area contributed by atoms with Crippen LogP contribution in [0.5, 0.6) is 0 Å². The summed E-state index contributed by atoms with van der Waals surface area (Å²) in [5.41, 5.74) is 9.38. The van der Waals surface area contributed by atoms with Crippen LogP contribution in [0.2, 0.25) is 0 Å². The van der Waals surface area contributed by atoms with Crippen LogP contribution in [-0.2, 0) is 0 Å². The minimum atomic E-state index is -0.433. The van der Waals surface area contributed by atoms with Crippen molar-refractivity contribution in [1.82, 2.24) is 0 Å². The topological polar surface area (TPSA) is 13.1 Å². The van der Waals surface area contributed by atoms with E-state index in [-0.39, 0.29) is 45.7 Å². The highest BCUT2D eigenvalue weighted by Crippen LogP contribution is 2.45. The second-order valence-electron chi connectivity index (χ2n) is 12.6. The fourth-order valence-electron chi connectivity index (χ4n) is 7.37. The van der Waals surface area contributed by atoms with Crippen LogP contribution in [0.25, 0.3) is 99.1 Å². The first-order chi connectivity index (χ1) is 28.6. The second-order valence-corrected chi connectivity index (χ2v) is 12.6. The summed E-state index contributed by atoms with van der Waals surface area (Å²) >= 11 is 0. The van der Waals surface area contributed by atoms with Gasteiger partial charge in [0.2, 0.25) is 0 Å². The van der Waals surface area contributed by atoms with Gasteiger partial charge < -0.3 is 4.42 Å². The summed E-state index contributed by atoms with van der Waals surface area (Å²) in [6, 6.07) is 44.8. The average Bonchev–Trinajstić information content (AvgIpc) is 3.65. The fraction of sp³-hybridized carbons (Fsp3) is 0. The number of benzene rings is 9. The van der Waals surface area contributed by atoms with Crippen molar-refractivity contribution in [2.45, 2.75) is 0 Å². The Balaban J connectivity index is 1.23. The zero-order valence-electron chi connectivity index (χ0n) is 35.3. The smallest absolute Gasteiger partial charge is 0.136 e. The van der Waals surface area contributed by atoms with Gasteiger partial charge in [0.15, 0.2) is 0 Å². The Bertz CT molecular complexity index is 3260. The molecule has 1 heterocycles. The van der Waals surface area contributed by atoms with Crippen LogP contribution in [0.4, 0.5) is 0 Å². The number of hydrogen-bond donors (Lipinski definition) is 0. The van der Waals surface area contributed by atoms with Gasteiger partial charge in [-0.2, -0.15) is 0 Å². The highest BCUT2D eigenvalue weighted by molar-refractivity contribution is 6.22. The lowest BCUT2D eigenvalue weighted by Gasteiger charge is -2.17. The van der Waals surface area contributed by atoms with Gasteiger partial charge in [-0.15, -0.1) is 0 Å². The van der Waals surface area contributed by atoms with Crippen LogP contribution < -0.4 is 0 Å². The van der Waals surface area contributed by atoms with Gasteiger partial charge in [-0.05, 0) is 108 Å². The van der Waals surface area contributed by atoms with Crippen molar-refractivity contribution < 1.29 is 15.4 Å². The Labute approximate surface area is 307 Å². The lowest BCUT2D eigenvalue weighted by Crippen LogP contribution is -1.90. The van der Waals surface area contributed by atoms with E-state index in [0.717, 1.165) is 44.2 Å². The van der Waals surface area contributed by atoms with E-state index in [1.807, 2.05) is 66.7 Å². The van der Waals surface area contributed by atoms with E-state index in [0.29, 0.717) is 33.4 Å². The first-order valence-corrected chi connectivity index (χ1v) is 16.9. The first-order valence-electron chi connectivity index (χ1n) is 20.9. The molecule has 51 heavy (non-hydrogen) atoms. The maximum atomic E-state index is 9.28. The third-order valence-electron chi connectivity index (χ3n) is 9.72. The number of hydrogen-bond acceptors (Lipinski definition) is 1. The fourth-order valence-corrected chi connectivity index (χ4v) is 7.37. The predicted molar refractivity (Wildman–Crippen MR) is 216 cm³/mol. The summed E-state index contributed by atoms with van der Waals surface area (Å²) < 4.78 is 78.4. The van der Waals surface area contributed by atoms with E-state index in [2.05, 4.69) is 48.5 Å². The molecule has 0 N–H and O–H groups in total. The SMILES string of the molecule is [2H]c1c([2H])c([2H])c2c(-c3ccc4oc5cc(-c6ccc(-c7ccccc7)cc6-c6ccccc6)ccc5c4c3)c3c([2H])c([2H])c([2H])c([2H])c3c(-c3ccccc3)c2c1[2H]. The molecule has 0 aliphatic carbocycles. The summed E-state index contributed by atoms with van der Waals surface area (Å²) in [7, 11) is 0. The molecular weight excluding hydrogens is 617 g/mol. The van der Waals surface area contributed by atoms with Crippen molar-refractivity contribution in [1.29, 1.82) is 0 Å². The third-order valence-corrected chi connectivity index (χ3v) is 9.72. The lowest BCUT2D eigenvalue weighted by molar-refractivity contribution is 0.669. The summed E-state index contributed by atoms with van der Waals surface area (Å²) in [6.07, 6.45) is 0. The van der Waals surface area contributed by atoms with Crippen LogP contribution >= 0.6 is 0 Å². The zero-order chi connectivity index (χ0) is 40.7. The highest BCUT2D eigenvalue weighted by atomic mass is 16.3. The van der Waals surface area contributed by atoms with E-state index < -0.39 is 24.2 Å². The molecule has 0 aliphatic rings. The molecule has 10 rings (SSSR count). The number of rotatable bonds is 5. The molecule has 0 radical (unpaired) electrons. The van der Waals surface area contributed by atoms with Crippen LogP contribution in [0, 0.1) is 0 Å². The van der Waals surface area contributed by atoms with Crippen molar-refractivity contribution in [3.63, 3.8) is 0 Å². The standard InChI is InChI=1S/C50H32O/c1-4-14-33(15-5-1)36-24-27-39(45(30-36)34-16-6-2-7-17-34)37-25-28-40-46-31-38(26-29-47(46)51-48(40)32-37)50-43-22-12-10-20-41(43)49(35-18-8-3-9-19-35)42-21-11-13-23-44(42)50/h1-32H/i10D,11D,12D,13D,20D,21D,22D,23D. The van der Waals surface area contributed by atoms with Gasteiger partial charge in [0.1, 0.15) is 11.2 Å². The molecular formula is C50H32O. The largest absolute Gasteiger partial charge is 0.456 e. The van der Waals surface area contributed by atoms with Crippen molar-refractivity contribution in [2.75, 3.05) is 0 Å². The molecule has 9 aromatic carbocycles. The van der Waals surface area contributed by atoms with E-state index >= 15 is 0 Å². The molecule has 0 atom stereocenters. The Kier molecular flexibility index (Phi) is 5.21. The average molecular weight is 657 g/mol. The van der Waals surface area contributed by atoms with Crippen molar-refractivity contribution in [3.8, 4) is 55.6 Å². The van der Waals surface area contributed by atoms with Crippen LogP contribution in [0.3, 0.4) is 0 Å².